The maximum absolute atomic E-state index is 12.4. The molecule has 0 aromatic heterocycles. The van der Waals surface area contributed by atoms with Crippen molar-refractivity contribution in [2.45, 2.75) is 142 Å². The average molecular weight is 817 g/mol. The number of ether oxygens (including phenoxy) is 4. The number of rotatable bonds is 31. The van der Waals surface area contributed by atoms with Gasteiger partial charge >= 0.3 is 11.9 Å². The first-order chi connectivity index (χ1) is 29.5. The van der Waals surface area contributed by atoms with E-state index in [9.17, 15) is 9.59 Å². The second kappa shape index (κ2) is 29.9. The lowest BCUT2D eigenvalue weighted by Crippen LogP contribution is -2.10. The highest BCUT2D eigenvalue weighted by Crippen LogP contribution is 2.22. The first-order valence-corrected chi connectivity index (χ1v) is 22.7. The van der Waals surface area contributed by atoms with E-state index in [0.717, 1.165) is 60.1 Å². The Kier molecular flexibility index (Phi) is 23.6. The number of esters is 2. The molecule has 8 heteroatoms. The molecule has 0 aliphatic rings. The number of benzene rings is 4. The van der Waals surface area contributed by atoms with E-state index in [4.69, 9.17) is 18.9 Å². The third-order valence-electron chi connectivity index (χ3n) is 10.2. The Hall–Kier alpha value is -5.24. The van der Waals surface area contributed by atoms with Gasteiger partial charge in [-0.3, -0.25) is 19.6 Å². The quantitative estimate of drug-likeness (QED) is 0.0217. The van der Waals surface area contributed by atoms with Gasteiger partial charge in [0.15, 0.2) is 0 Å². The van der Waals surface area contributed by atoms with Gasteiger partial charge in [0.2, 0.25) is 0 Å². The Morgan fingerprint density at radius 3 is 1.07 bits per heavy atom. The molecule has 0 amide bonds. The van der Waals surface area contributed by atoms with E-state index >= 15 is 0 Å². The molecule has 0 aliphatic heterocycles. The van der Waals surface area contributed by atoms with Crippen LogP contribution in [-0.4, -0.2) is 37.6 Å². The third-order valence-corrected chi connectivity index (χ3v) is 10.2. The minimum atomic E-state index is -0.342. The van der Waals surface area contributed by atoms with E-state index in [1.165, 1.54) is 89.9 Å². The monoisotopic (exact) mass is 817 g/mol. The predicted molar refractivity (Wildman–Crippen MR) is 246 cm³/mol. The highest BCUT2D eigenvalue weighted by Gasteiger charge is 2.09. The lowest BCUT2D eigenvalue weighted by atomic mass is 10.1. The number of carbonyl (C=O) groups excluding carboxylic acids is 2. The molecule has 0 saturated carbocycles. The molecule has 322 valence electrons. The summed E-state index contributed by atoms with van der Waals surface area (Å²) in [6.45, 7) is 5.98. The normalized spacial score (nSPS) is 11.3. The zero-order valence-electron chi connectivity index (χ0n) is 36.3. The summed E-state index contributed by atoms with van der Waals surface area (Å²) in [7, 11) is 0. The predicted octanol–water partition coefficient (Wildman–Crippen LogP) is 14.3. The fourth-order valence-electron chi connectivity index (χ4n) is 6.55. The lowest BCUT2D eigenvalue weighted by molar-refractivity contribution is -0.136. The number of hydrogen-bond acceptors (Lipinski definition) is 8. The van der Waals surface area contributed by atoms with Crippen LogP contribution in [0.25, 0.3) is 0 Å². The van der Waals surface area contributed by atoms with Gasteiger partial charge in [-0.2, -0.15) is 0 Å². The van der Waals surface area contributed by atoms with Crippen molar-refractivity contribution in [1.82, 2.24) is 0 Å². The molecule has 0 aliphatic carbocycles. The van der Waals surface area contributed by atoms with Crippen LogP contribution in [0.1, 0.15) is 153 Å². The van der Waals surface area contributed by atoms with Crippen molar-refractivity contribution >= 4 is 35.7 Å². The molecule has 4 rings (SSSR count). The summed E-state index contributed by atoms with van der Waals surface area (Å²) in [6, 6.07) is 30.0. The zero-order valence-corrected chi connectivity index (χ0v) is 36.3. The Labute approximate surface area is 359 Å². The first kappa shape index (κ1) is 47.4. The van der Waals surface area contributed by atoms with Gasteiger partial charge in [0, 0.05) is 25.3 Å². The Balaban J connectivity index is 1.03. The molecule has 0 bridgehead atoms. The molecular formula is C52H68N2O6. The summed E-state index contributed by atoms with van der Waals surface area (Å²) in [5.41, 5.74) is 3.45. The molecule has 0 unspecified atom stereocenters. The minimum absolute atomic E-state index is 0.207. The summed E-state index contributed by atoms with van der Waals surface area (Å²) < 4.78 is 22.8. The second-order valence-electron chi connectivity index (χ2n) is 15.4. The van der Waals surface area contributed by atoms with Crippen LogP contribution in [0.2, 0.25) is 0 Å². The van der Waals surface area contributed by atoms with Crippen molar-refractivity contribution in [2.75, 3.05) is 13.2 Å². The number of nitrogens with zero attached hydrogens (tertiary/aromatic N) is 2. The summed E-state index contributed by atoms with van der Waals surface area (Å²) in [4.78, 5) is 34.0. The molecule has 0 radical (unpaired) electrons. The minimum Gasteiger partial charge on any atom is -0.494 e. The standard InChI is InChI=1S/C52H68N2O6/c1-3-5-7-9-11-13-15-19-39-57-47-35-27-45(28-36-47)53-41-43-23-31-49(32-24-43)59-51(55)21-17-18-22-52(56)60-50-33-25-44(26-34-50)42-54-46-29-37-48(38-30-46)58-40-20-16-14-12-10-8-6-4-2/h23-38,41-42H,3-22,39-40H2,1-2H3. The van der Waals surface area contributed by atoms with Crippen LogP contribution in [0.15, 0.2) is 107 Å². The van der Waals surface area contributed by atoms with Gasteiger partial charge in [-0.1, -0.05) is 104 Å². The number of carbonyl (C=O) groups is 2. The van der Waals surface area contributed by atoms with E-state index in [-0.39, 0.29) is 24.8 Å². The van der Waals surface area contributed by atoms with Crippen LogP contribution in [-0.2, 0) is 9.59 Å². The number of hydrogen-bond donors (Lipinski definition) is 0. The smallest absolute Gasteiger partial charge is 0.311 e. The molecule has 4 aromatic carbocycles. The fraction of sp³-hybridized carbons (Fsp3) is 0.462. The topological polar surface area (TPSA) is 95.8 Å². The Morgan fingerprint density at radius 1 is 0.400 bits per heavy atom. The molecule has 0 N–H and O–H groups in total. The number of aliphatic imine (C=N–C) groups is 2. The summed E-state index contributed by atoms with van der Waals surface area (Å²) in [5, 5.41) is 0. The molecular weight excluding hydrogens is 749 g/mol. The van der Waals surface area contributed by atoms with Crippen molar-refractivity contribution in [3.05, 3.63) is 108 Å². The Morgan fingerprint density at radius 2 is 0.717 bits per heavy atom. The highest BCUT2D eigenvalue weighted by molar-refractivity contribution is 5.83. The van der Waals surface area contributed by atoms with Crippen molar-refractivity contribution in [1.29, 1.82) is 0 Å². The van der Waals surface area contributed by atoms with Crippen LogP contribution in [0, 0.1) is 0 Å². The van der Waals surface area contributed by atoms with Crippen molar-refractivity contribution in [2.24, 2.45) is 9.98 Å². The average Bonchev–Trinajstić information content (AvgIpc) is 3.27. The largest absolute Gasteiger partial charge is 0.494 e. The summed E-state index contributed by atoms with van der Waals surface area (Å²) in [5.74, 6) is 1.97. The molecule has 0 heterocycles. The van der Waals surface area contributed by atoms with Gasteiger partial charge in [0.25, 0.3) is 0 Å². The third kappa shape index (κ3) is 21.1. The van der Waals surface area contributed by atoms with E-state index in [0.29, 0.717) is 24.3 Å². The van der Waals surface area contributed by atoms with Crippen LogP contribution in [0.5, 0.6) is 23.0 Å². The molecule has 0 atom stereocenters. The number of unbranched alkanes of at least 4 members (excludes halogenated alkanes) is 15. The van der Waals surface area contributed by atoms with Crippen LogP contribution in [0.4, 0.5) is 11.4 Å². The van der Waals surface area contributed by atoms with E-state index in [1.54, 1.807) is 36.7 Å². The second-order valence-corrected chi connectivity index (χ2v) is 15.4. The van der Waals surface area contributed by atoms with Crippen LogP contribution in [0.3, 0.4) is 0 Å². The van der Waals surface area contributed by atoms with Gasteiger partial charge in [-0.05, 0) is 134 Å². The summed E-state index contributed by atoms with van der Waals surface area (Å²) >= 11 is 0. The molecule has 0 spiro atoms. The van der Waals surface area contributed by atoms with Gasteiger partial charge in [-0.25, -0.2) is 0 Å². The molecule has 4 aromatic rings. The molecule has 0 saturated heterocycles. The lowest BCUT2D eigenvalue weighted by Gasteiger charge is -2.07. The molecule has 8 nitrogen and oxygen atoms in total. The fourth-order valence-corrected chi connectivity index (χ4v) is 6.55. The van der Waals surface area contributed by atoms with E-state index in [2.05, 4.69) is 23.8 Å². The van der Waals surface area contributed by atoms with Gasteiger partial charge in [0.1, 0.15) is 23.0 Å². The van der Waals surface area contributed by atoms with Crippen molar-refractivity contribution in [3.63, 3.8) is 0 Å². The van der Waals surface area contributed by atoms with Crippen LogP contribution < -0.4 is 18.9 Å². The SMILES string of the molecule is CCCCCCCCCCOc1ccc(N=Cc2ccc(OC(=O)CCCCC(=O)Oc3ccc(C=Nc4ccc(OCCCCCCCCCC)cc4)cc3)cc2)cc1. The van der Waals surface area contributed by atoms with Crippen LogP contribution >= 0.6 is 0 Å². The summed E-state index contributed by atoms with van der Waals surface area (Å²) in [6.07, 6.45) is 25.5. The molecule has 0 fully saturated rings. The zero-order chi connectivity index (χ0) is 42.3. The van der Waals surface area contributed by atoms with Crippen molar-refractivity contribution < 1.29 is 28.5 Å². The Bertz CT molecular complexity index is 1670. The molecule has 60 heavy (non-hydrogen) atoms. The van der Waals surface area contributed by atoms with Crippen molar-refractivity contribution in [3.8, 4) is 23.0 Å². The highest BCUT2D eigenvalue weighted by atomic mass is 16.5. The first-order valence-electron chi connectivity index (χ1n) is 22.7. The van der Waals surface area contributed by atoms with Gasteiger partial charge < -0.3 is 18.9 Å². The van der Waals surface area contributed by atoms with Gasteiger partial charge in [0.05, 0.1) is 24.6 Å². The van der Waals surface area contributed by atoms with E-state index < -0.39 is 0 Å². The maximum atomic E-state index is 12.4. The maximum Gasteiger partial charge on any atom is 0.311 e. The van der Waals surface area contributed by atoms with E-state index in [1.807, 2.05) is 72.8 Å². The van der Waals surface area contributed by atoms with Gasteiger partial charge in [-0.15, -0.1) is 0 Å².